The first kappa shape index (κ1) is 26.2. The van der Waals surface area contributed by atoms with Crippen molar-refractivity contribution in [3.8, 4) is 17.3 Å². The zero-order chi connectivity index (χ0) is 26.2. The summed E-state index contributed by atoms with van der Waals surface area (Å²) in [6, 6.07) is 30.2. The number of para-hydroxylation sites is 2. The average molecular weight is 512 g/mol. The van der Waals surface area contributed by atoms with Crippen LogP contribution in [-0.4, -0.2) is 51.7 Å². The molecule has 38 heavy (non-hydrogen) atoms. The molecule has 1 fully saturated rings. The quantitative estimate of drug-likeness (QED) is 0.260. The molecule has 198 valence electrons. The van der Waals surface area contributed by atoms with Crippen molar-refractivity contribution in [2.24, 2.45) is 0 Å². The molecule has 1 saturated heterocycles. The van der Waals surface area contributed by atoms with Gasteiger partial charge in [-0.25, -0.2) is 4.68 Å². The Balaban J connectivity index is 1.46. The van der Waals surface area contributed by atoms with Crippen LogP contribution in [0.3, 0.4) is 0 Å². The van der Waals surface area contributed by atoms with Crippen LogP contribution in [0, 0.1) is 0 Å². The zero-order valence-electron chi connectivity index (χ0n) is 22.1. The van der Waals surface area contributed by atoms with Crippen LogP contribution in [0.25, 0.3) is 5.69 Å². The fourth-order valence-corrected chi connectivity index (χ4v) is 5.12. The molecule has 1 aliphatic heterocycles. The highest BCUT2D eigenvalue weighted by Crippen LogP contribution is 2.32. The van der Waals surface area contributed by atoms with Gasteiger partial charge in [-0.1, -0.05) is 73.7 Å². The third-order valence-electron chi connectivity index (χ3n) is 6.96. The maximum absolute atomic E-state index is 11.1. The molecule has 0 radical (unpaired) electrons. The highest BCUT2D eigenvalue weighted by atomic mass is 16.5. The third kappa shape index (κ3) is 6.70. The Hall–Kier alpha value is -3.45. The van der Waals surface area contributed by atoms with Crippen LogP contribution in [-0.2, 0) is 24.1 Å². The molecule has 6 heteroatoms. The van der Waals surface area contributed by atoms with E-state index in [0.29, 0.717) is 25.4 Å². The van der Waals surface area contributed by atoms with Gasteiger partial charge in [0, 0.05) is 26.2 Å². The van der Waals surface area contributed by atoms with Crippen LogP contribution < -0.4 is 4.74 Å². The number of aryl methyl sites for hydroxylation is 1. The Morgan fingerprint density at radius 3 is 2.34 bits per heavy atom. The summed E-state index contributed by atoms with van der Waals surface area (Å²) in [7, 11) is 0. The second-order valence-electron chi connectivity index (χ2n) is 9.92. The van der Waals surface area contributed by atoms with E-state index in [1.807, 2.05) is 83.5 Å². The molecule has 4 aromatic rings. The van der Waals surface area contributed by atoms with Crippen molar-refractivity contribution in [3.05, 3.63) is 108 Å². The van der Waals surface area contributed by atoms with E-state index in [4.69, 9.17) is 14.6 Å². The van der Waals surface area contributed by atoms with Gasteiger partial charge in [-0.3, -0.25) is 4.90 Å². The van der Waals surface area contributed by atoms with Crippen LogP contribution in [0.1, 0.15) is 36.6 Å². The second-order valence-corrected chi connectivity index (χ2v) is 9.92. The Morgan fingerprint density at radius 1 is 1.00 bits per heavy atom. The van der Waals surface area contributed by atoms with E-state index < -0.39 is 6.10 Å². The van der Waals surface area contributed by atoms with E-state index in [9.17, 15) is 5.11 Å². The van der Waals surface area contributed by atoms with E-state index >= 15 is 0 Å². The van der Waals surface area contributed by atoms with E-state index in [0.717, 1.165) is 60.7 Å². The number of hydrogen-bond acceptors (Lipinski definition) is 5. The lowest BCUT2D eigenvalue weighted by atomic mass is 10.1. The van der Waals surface area contributed by atoms with Gasteiger partial charge < -0.3 is 14.6 Å². The fraction of sp³-hybridized carbons (Fsp3) is 0.344. The molecule has 3 aromatic carbocycles. The topological polar surface area (TPSA) is 59.8 Å². The molecule has 2 unspecified atom stereocenters. The van der Waals surface area contributed by atoms with Gasteiger partial charge in [0.15, 0.2) is 0 Å². The smallest absolute Gasteiger partial charge is 0.227 e. The van der Waals surface area contributed by atoms with Crippen molar-refractivity contribution in [3.63, 3.8) is 0 Å². The number of aliphatic hydroxyl groups is 1. The van der Waals surface area contributed by atoms with Gasteiger partial charge in [0.25, 0.3) is 0 Å². The number of benzene rings is 3. The predicted molar refractivity (Wildman–Crippen MR) is 150 cm³/mol. The molecule has 0 bridgehead atoms. The minimum absolute atomic E-state index is 0.173. The van der Waals surface area contributed by atoms with E-state index in [1.54, 1.807) is 0 Å². The molecule has 0 amide bonds. The van der Waals surface area contributed by atoms with E-state index in [1.165, 1.54) is 0 Å². The Morgan fingerprint density at radius 2 is 1.68 bits per heavy atom. The maximum Gasteiger partial charge on any atom is 0.227 e. The van der Waals surface area contributed by atoms with E-state index in [2.05, 4.69) is 24.0 Å². The highest BCUT2D eigenvalue weighted by molar-refractivity contribution is 5.43. The standard InChI is InChI=1S/C32H37N3O3/c1-2-31-30(32(38-28-17-10-5-11-18-28)35(33-31)26-15-8-4-9-16-26)24-34(23-29-19-12-20-37-29)22-27(36)21-25-13-6-3-7-14-25/h3-11,13-18,27,29,36H,2,12,19-24H2,1H3. The van der Waals surface area contributed by atoms with Crippen molar-refractivity contribution in [1.82, 2.24) is 14.7 Å². The SMILES string of the molecule is CCc1nn(-c2ccccc2)c(Oc2ccccc2)c1CN(CC(O)Cc1ccccc1)CC1CCCO1. The van der Waals surface area contributed by atoms with Crippen LogP contribution >= 0.6 is 0 Å². The molecular weight excluding hydrogens is 474 g/mol. The lowest BCUT2D eigenvalue weighted by Crippen LogP contribution is -2.38. The summed E-state index contributed by atoms with van der Waals surface area (Å²) in [4.78, 5) is 2.31. The molecule has 2 heterocycles. The van der Waals surface area contributed by atoms with Crippen molar-refractivity contribution < 1.29 is 14.6 Å². The third-order valence-corrected chi connectivity index (χ3v) is 6.96. The summed E-state index contributed by atoms with van der Waals surface area (Å²) in [5.41, 5.74) is 4.13. The van der Waals surface area contributed by atoms with Gasteiger partial charge in [0.2, 0.25) is 5.88 Å². The second kappa shape index (κ2) is 12.9. The number of rotatable bonds is 12. The molecule has 1 aliphatic rings. The fourth-order valence-electron chi connectivity index (χ4n) is 5.12. The van der Waals surface area contributed by atoms with Crippen molar-refractivity contribution in [1.29, 1.82) is 0 Å². The first-order valence-corrected chi connectivity index (χ1v) is 13.6. The van der Waals surface area contributed by atoms with Gasteiger partial charge in [0.05, 0.1) is 29.2 Å². The lowest BCUT2D eigenvalue weighted by Gasteiger charge is -2.28. The number of hydrogen-bond donors (Lipinski definition) is 1. The largest absolute Gasteiger partial charge is 0.439 e. The minimum atomic E-state index is -0.494. The molecule has 1 N–H and O–H groups in total. The summed E-state index contributed by atoms with van der Waals surface area (Å²) in [5.74, 6) is 1.48. The van der Waals surface area contributed by atoms with Gasteiger partial charge in [-0.2, -0.15) is 5.10 Å². The molecule has 5 rings (SSSR count). The van der Waals surface area contributed by atoms with Gasteiger partial charge >= 0.3 is 0 Å². The molecule has 0 aliphatic carbocycles. The van der Waals surface area contributed by atoms with Gasteiger partial charge in [-0.05, 0) is 55.5 Å². The molecular formula is C32H37N3O3. The van der Waals surface area contributed by atoms with Crippen LogP contribution in [0.2, 0.25) is 0 Å². The van der Waals surface area contributed by atoms with E-state index in [-0.39, 0.29) is 6.10 Å². The maximum atomic E-state index is 11.1. The Labute approximate surface area is 225 Å². The highest BCUT2D eigenvalue weighted by Gasteiger charge is 2.26. The van der Waals surface area contributed by atoms with Gasteiger partial charge in [0.1, 0.15) is 5.75 Å². The normalized spacial score (nSPS) is 16.1. The number of nitrogens with zero attached hydrogens (tertiary/aromatic N) is 3. The summed E-state index contributed by atoms with van der Waals surface area (Å²) >= 11 is 0. The monoisotopic (exact) mass is 511 g/mol. The number of aromatic nitrogens is 2. The first-order valence-electron chi connectivity index (χ1n) is 13.6. The minimum Gasteiger partial charge on any atom is -0.439 e. The summed E-state index contributed by atoms with van der Waals surface area (Å²) in [6.45, 7) is 4.85. The number of aliphatic hydroxyl groups excluding tert-OH is 1. The van der Waals surface area contributed by atoms with Crippen molar-refractivity contribution in [2.75, 3.05) is 19.7 Å². The van der Waals surface area contributed by atoms with Crippen molar-refractivity contribution in [2.45, 2.75) is 51.4 Å². The predicted octanol–water partition coefficient (Wildman–Crippen LogP) is 5.81. The van der Waals surface area contributed by atoms with Crippen LogP contribution in [0.5, 0.6) is 11.6 Å². The molecule has 0 saturated carbocycles. The van der Waals surface area contributed by atoms with Crippen LogP contribution in [0.15, 0.2) is 91.0 Å². The molecule has 0 spiro atoms. The molecule has 2 atom stereocenters. The Bertz CT molecular complexity index is 1260. The molecule has 6 nitrogen and oxygen atoms in total. The first-order chi connectivity index (χ1) is 18.7. The summed E-state index contributed by atoms with van der Waals surface area (Å²) in [6.07, 6.45) is 3.20. The summed E-state index contributed by atoms with van der Waals surface area (Å²) in [5, 5.41) is 16.1. The average Bonchev–Trinajstić information content (AvgIpc) is 3.58. The Kier molecular flexibility index (Phi) is 8.86. The van der Waals surface area contributed by atoms with Crippen LogP contribution in [0.4, 0.5) is 0 Å². The summed E-state index contributed by atoms with van der Waals surface area (Å²) < 4.78 is 14.4. The van der Waals surface area contributed by atoms with Crippen molar-refractivity contribution >= 4 is 0 Å². The molecule has 1 aromatic heterocycles. The zero-order valence-corrected chi connectivity index (χ0v) is 22.1. The number of ether oxygens (including phenoxy) is 2. The van der Waals surface area contributed by atoms with Gasteiger partial charge in [-0.15, -0.1) is 0 Å². The lowest BCUT2D eigenvalue weighted by molar-refractivity contribution is 0.0461.